The van der Waals surface area contributed by atoms with Crippen molar-refractivity contribution in [1.29, 1.82) is 0 Å². The minimum atomic E-state index is -1.18. The van der Waals surface area contributed by atoms with Crippen LogP contribution < -0.4 is 5.73 Å². The van der Waals surface area contributed by atoms with Gasteiger partial charge in [-0.15, -0.1) is 0 Å². The van der Waals surface area contributed by atoms with Crippen molar-refractivity contribution in [3.8, 4) is 5.75 Å². The summed E-state index contributed by atoms with van der Waals surface area (Å²) >= 11 is 0. The van der Waals surface area contributed by atoms with Crippen molar-refractivity contribution in [2.75, 3.05) is 6.61 Å². The van der Waals surface area contributed by atoms with Gasteiger partial charge in [-0.05, 0) is 24.1 Å². The summed E-state index contributed by atoms with van der Waals surface area (Å²) in [7, 11) is 0. The fourth-order valence-electron chi connectivity index (χ4n) is 1.41. The number of aliphatic carboxylic acids is 1. The van der Waals surface area contributed by atoms with Gasteiger partial charge in [-0.25, -0.2) is 0 Å². The van der Waals surface area contributed by atoms with Crippen LogP contribution in [0.4, 0.5) is 0 Å². The summed E-state index contributed by atoms with van der Waals surface area (Å²) in [6.07, 6.45) is -0.0450. The van der Waals surface area contributed by atoms with Crippen molar-refractivity contribution < 1.29 is 24.9 Å². The third-order valence-corrected chi connectivity index (χ3v) is 2.29. The highest BCUT2D eigenvalue weighted by atomic mass is 16.4. The molecule has 17 heavy (non-hydrogen) atoms. The molecule has 1 aromatic carbocycles. The van der Waals surface area contributed by atoms with E-state index in [2.05, 4.69) is 0 Å². The second kappa shape index (κ2) is 5.42. The molecule has 0 saturated carbocycles. The van der Waals surface area contributed by atoms with Crippen LogP contribution in [0, 0.1) is 0 Å². The molecular formula is C11H13NO5. The second-order valence-electron chi connectivity index (χ2n) is 3.57. The zero-order chi connectivity index (χ0) is 13.0. The molecule has 92 valence electrons. The number of carboxylic acids is 1. The summed E-state index contributed by atoms with van der Waals surface area (Å²) in [5.74, 6) is -1.90. The maximum absolute atomic E-state index is 11.4. The number of Topliss-reactive ketones (excluding diaryl/α,β-unsaturated/α-hetero) is 1. The first-order valence-corrected chi connectivity index (χ1v) is 4.90. The van der Waals surface area contributed by atoms with E-state index in [0.717, 1.165) is 0 Å². The van der Waals surface area contributed by atoms with Crippen LogP contribution in [0.2, 0.25) is 0 Å². The number of phenolic OH excluding ortho intramolecular Hbond substituents is 1. The lowest BCUT2D eigenvalue weighted by Crippen LogP contribution is -2.32. The highest BCUT2D eigenvalue weighted by Crippen LogP contribution is 2.18. The van der Waals surface area contributed by atoms with E-state index in [1.807, 2.05) is 0 Å². The zero-order valence-electron chi connectivity index (χ0n) is 8.96. The van der Waals surface area contributed by atoms with Crippen LogP contribution in [0.3, 0.4) is 0 Å². The van der Waals surface area contributed by atoms with E-state index in [1.54, 1.807) is 0 Å². The first-order valence-electron chi connectivity index (χ1n) is 4.90. The normalized spacial score (nSPS) is 12.1. The molecule has 0 heterocycles. The maximum Gasteiger partial charge on any atom is 0.320 e. The van der Waals surface area contributed by atoms with Crippen molar-refractivity contribution in [3.05, 3.63) is 29.3 Å². The first kappa shape index (κ1) is 13.1. The molecule has 0 aliphatic heterocycles. The summed E-state index contributed by atoms with van der Waals surface area (Å²) in [5, 5.41) is 26.7. The summed E-state index contributed by atoms with van der Waals surface area (Å²) in [6, 6.07) is 2.80. The lowest BCUT2D eigenvalue weighted by atomic mass is 9.97. The number of nitrogens with two attached hydrogens (primary N) is 1. The number of aliphatic hydroxyl groups excluding tert-OH is 1. The molecule has 0 spiro atoms. The molecule has 1 aromatic rings. The van der Waals surface area contributed by atoms with Gasteiger partial charge < -0.3 is 21.1 Å². The number of aromatic hydroxyl groups is 1. The van der Waals surface area contributed by atoms with Crippen molar-refractivity contribution in [3.63, 3.8) is 0 Å². The number of aliphatic hydroxyl groups is 1. The number of carboxylic acid groups (broad SMARTS) is 1. The Bertz CT molecular complexity index is 443. The van der Waals surface area contributed by atoms with Gasteiger partial charge in [-0.1, -0.05) is 6.07 Å². The maximum atomic E-state index is 11.4. The van der Waals surface area contributed by atoms with E-state index in [4.69, 9.17) is 15.9 Å². The fraction of sp³-hybridized carbons (Fsp3) is 0.273. The van der Waals surface area contributed by atoms with Crippen molar-refractivity contribution in [2.45, 2.75) is 12.5 Å². The molecule has 0 aromatic heterocycles. The number of carbonyl (C=O) groups excluding carboxylic acids is 1. The molecule has 1 unspecified atom stereocenters. The van der Waals surface area contributed by atoms with E-state index in [1.165, 1.54) is 18.2 Å². The number of ketones is 1. The summed E-state index contributed by atoms with van der Waals surface area (Å²) in [4.78, 5) is 22.0. The van der Waals surface area contributed by atoms with E-state index < -0.39 is 24.4 Å². The van der Waals surface area contributed by atoms with Gasteiger partial charge in [-0.3, -0.25) is 9.59 Å². The number of hydrogen-bond acceptors (Lipinski definition) is 5. The largest absolute Gasteiger partial charge is 0.508 e. The molecule has 1 atom stereocenters. The van der Waals surface area contributed by atoms with Gasteiger partial charge >= 0.3 is 5.97 Å². The quantitative estimate of drug-likeness (QED) is 0.515. The van der Waals surface area contributed by atoms with Gasteiger partial charge in [0.25, 0.3) is 0 Å². The number of carbonyl (C=O) groups is 2. The average molecular weight is 239 g/mol. The molecule has 0 aliphatic carbocycles. The van der Waals surface area contributed by atoms with Crippen LogP contribution in [-0.4, -0.2) is 39.7 Å². The molecule has 0 saturated heterocycles. The third-order valence-electron chi connectivity index (χ3n) is 2.29. The van der Waals surface area contributed by atoms with Gasteiger partial charge in [0, 0.05) is 5.56 Å². The van der Waals surface area contributed by atoms with Crippen molar-refractivity contribution >= 4 is 11.8 Å². The Hall–Kier alpha value is -1.92. The van der Waals surface area contributed by atoms with E-state index in [9.17, 15) is 14.7 Å². The van der Waals surface area contributed by atoms with Crippen LogP contribution in [0.1, 0.15) is 15.9 Å². The molecule has 0 bridgehead atoms. The predicted molar refractivity (Wildman–Crippen MR) is 58.8 cm³/mol. The highest BCUT2D eigenvalue weighted by Gasteiger charge is 2.17. The molecular weight excluding hydrogens is 226 g/mol. The highest BCUT2D eigenvalue weighted by molar-refractivity contribution is 5.98. The van der Waals surface area contributed by atoms with Gasteiger partial charge in [0.05, 0.1) is 0 Å². The Morgan fingerprint density at radius 2 is 2.00 bits per heavy atom. The molecule has 0 fully saturated rings. The Labute approximate surface area is 97.3 Å². The van der Waals surface area contributed by atoms with Gasteiger partial charge in [0.15, 0.2) is 5.78 Å². The van der Waals surface area contributed by atoms with Crippen LogP contribution in [0.15, 0.2) is 18.2 Å². The molecule has 0 amide bonds. The standard InChI is InChI=1S/C11H13NO5/c12-9(11(16)17)3-6-1-2-7(14)4-8(6)10(15)5-13/h1-2,4,9,13-14H,3,5,12H2,(H,16,17). The SMILES string of the molecule is NC(Cc1ccc(O)cc1C(=O)CO)C(=O)O. The Morgan fingerprint density at radius 3 is 2.53 bits per heavy atom. The molecule has 6 heteroatoms. The molecule has 1 rings (SSSR count). The minimum absolute atomic E-state index is 0.0450. The number of rotatable bonds is 5. The zero-order valence-corrected chi connectivity index (χ0v) is 8.96. The molecule has 5 N–H and O–H groups in total. The first-order chi connectivity index (χ1) is 7.95. The summed E-state index contributed by atoms with van der Waals surface area (Å²) < 4.78 is 0. The monoisotopic (exact) mass is 239 g/mol. The predicted octanol–water partition coefficient (Wildman–Crippen LogP) is -0.478. The summed E-state index contributed by atoms with van der Waals surface area (Å²) in [5.41, 5.74) is 5.83. The van der Waals surface area contributed by atoms with E-state index in [-0.39, 0.29) is 17.7 Å². The van der Waals surface area contributed by atoms with E-state index >= 15 is 0 Å². The number of benzene rings is 1. The van der Waals surface area contributed by atoms with Gasteiger partial charge in [0.1, 0.15) is 18.4 Å². The van der Waals surface area contributed by atoms with Crippen LogP contribution in [-0.2, 0) is 11.2 Å². The minimum Gasteiger partial charge on any atom is -0.508 e. The number of phenols is 1. The lowest BCUT2D eigenvalue weighted by Gasteiger charge is -2.11. The Kier molecular flexibility index (Phi) is 4.19. The molecule has 0 radical (unpaired) electrons. The topological polar surface area (TPSA) is 121 Å². The smallest absolute Gasteiger partial charge is 0.320 e. The van der Waals surface area contributed by atoms with Crippen molar-refractivity contribution in [1.82, 2.24) is 0 Å². The number of hydrogen-bond donors (Lipinski definition) is 4. The Morgan fingerprint density at radius 1 is 1.35 bits per heavy atom. The Balaban J connectivity index is 3.06. The van der Waals surface area contributed by atoms with E-state index in [0.29, 0.717) is 5.56 Å². The van der Waals surface area contributed by atoms with Crippen LogP contribution in [0.5, 0.6) is 5.75 Å². The molecule has 6 nitrogen and oxygen atoms in total. The van der Waals surface area contributed by atoms with Crippen LogP contribution >= 0.6 is 0 Å². The molecule has 0 aliphatic rings. The second-order valence-corrected chi connectivity index (χ2v) is 3.57. The lowest BCUT2D eigenvalue weighted by molar-refractivity contribution is -0.138. The fourth-order valence-corrected chi connectivity index (χ4v) is 1.41. The van der Waals surface area contributed by atoms with Gasteiger partial charge in [0.2, 0.25) is 0 Å². The average Bonchev–Trinajstić information content (AvgIpc) is 2.30. The van der Waals surface area contributed by atoms with Gasteiger partial charge in [-0.2, -0.15) is 0 Å². The van der Waals surface area contributed by atoms with Crippen molar-refractivity contribution in [2.24, 2.45) is 5.73 Å². The van der Waals surface area contributed by atoms with Crippen LogP contribution in [0.25, 0.3) is 0 Å². The summed E-state index contributed by atoms with van der Waals surface area (Å²) in [6.45, 7) is -0.710. The third kappa shape index (κ3) is 3.27.